The van der Waals surface area contributed by atoms with Crippen molar-refractivity contribution in [2.75, 3.05) is 33.4 Å². The number of esters is 1. The van der Waals surface area contributed by atoms with Gasteiger partial charge in [-0.3, -0.25) is 19.3 Å². The van der Waals surface area contributed by atoms with Crippen molar-refractivity contribution < 1.29 is 19.1 Å². The van der Waals surface area contributed by atoms with Gasteiger partial charge in [0.25, 0.3) is 5.56 Å². The zero-order valence-corrected chi connectivity index (χ0v) is 14.9. The number of aromatic nitrogens is 2. The Morgan fingerprint density at radius 3 is 2.88 bits per heavy atom. The molecule has 0 bridgehead atoms. The van der Waals surface area contributed by atoms with Gasteiger partial charge in [0.2, 0.25) is 5.91 Å². The SMILES string of the molecule is COC(=O)C1CCN(CC(=O)NCc2nc3c(c(=O)[nH]2)COCC3)CC1. The van der Waals surface area contributed by atoms with Crippen LogP contribution in [0.2, 0.25) is 0 Å². The third-order valence-corrected chi connectivity index (χ3v) is 4.82. The van der Waals surface area contributed by atoms with Gasteiger partial charge >= 0.3 is 5.97 Å². The molecule has 26 heavy (non-hydrogen) atoms. The minimum absolute atomic E-state index is 0.0759. The molecular weight excluding hydrogens is 340 g/mol. The Hall–Kier alpha value is -2.26. The second-order valence-electron chi connectivity index (χ2n) is 6.59. The predicted octanol–water partition coefficient (Wildman–Crippen LogP) is -0.656. The quantitative estimate of drug-likeness (QED) is 0.667. The first kappa shape index (κ1) is 18.5. The fourth-order valence-electron chi connectivity index (χ4n) is 3.31. The Bertz CT molecular complexity index is 724. The molecule has 0 radical (unpaired) electrons. The fourth-order valence-corrected chi connectivity index (χ4v) is 3.31. The maximum absolute atomic E-state index is 12.1. The lowest BCUT2D eigenvalue weighted by atomic mass is 9.97. The Morgan fingerprint density at radius 2 is 2.15 bits per heavy atom. The lowest BCUT2D eigenvalue weighted by Gasteiger charge is -2.29. The van der Waals surface area contributed by atoms with Gasteiger partial charge in [-0.1, -0.05) is 0 Å². The van der Waals surface area contributed by atoms with Gasteiger partial charge in [-0.15, -0.1) is 0 Å². The topological polar surface area (TPSA) is 114 Å². The van der Waals surface area contributed by atoms with Crippen LogP contribution in [0.3, 0.4) is 0 Å². The number of nitrogens with zero attached hydrogens (tertiary/aromatic N) is 2. The molecule has 2 aliphatic heterocycles. The van der Waals surface area contributed by atoms with Gasteiger partial charge in [-0.05, 0) is 25.9 Å². The molecule has 0 saturated carbocycles. The molecule has 0 aromatic carbocycles. The molecule has 2 aliphatic rings. The van der Waals surface area contributed by atoms with Crippen LogP contribution in [0, 0.1) is 5.92 Å². The van der Waals surface area contributed by atoms with E-state index in [1.807, 2.05) is 4.90 Å². The van der Waals surface area contributed by atoms with Gasteiger partial charge < -0.3 is 19.8 Å². The Kier molecular flexibility index (Phi) is 6.00. The van der Waals surface area contributed by atoms with Crippen LogP contribution in [0.5, 0.6) is 0 Å². The molecule has 3 heterocycles. The minimum atomic E-state index is -0.205. The number of nitrogens with one attached hydrogen (secondary N) is 2. The summed E-state index contributed by atoms with van der Waals surface area (Å²) in [5.74, 6) is 0.0635. The number of amides is 1. The summed E-state index contributed by atoms with van der Waals surface area (Å²) >= 11 is 0. The molecule has 9 nitrogen and oxygen atoms in total. The average molecular weight is 364 g/mol. The van der Waals surface area contributed by atoms with Crippen molar-refractivity contribution >= 4 is 11.9 Å². The molecule has 0 unspecified atom stereocenters. The Labute approximate surface area is 151 Å². The second-order valence-corrected chi connectivity index (χ2v) is 6.59. The molecule has 2 N–H and O–H groups in total. The number of carbonyl (C=O) groups excluding carboxylic acids is 2. The third-order valence-electron chi connectivity index (χ3n) is 4.82. The van der Waals surface area contributed by atoms with Crippen molar-refractivity contribution in [1.82, 2.24) is 20.2 Å². The molecule has 0 spiro atoms. The summed E-state index contributed by atoms with van der Waals surface area (Å²) in [5, 5.41) is 2.79. The number of H-pyrrole nitrogens is 1. The molecule has 1 aromatic rings. The lowest BCUT2D eigenvalue weighted by molar-refractivity contribution is -0.147. The van der Waals surface area contributed by atoms with Crippen LogP contribution in [0.15, 0.2) is 4.79 Å². The van der Waals surface area contributed by atoms with E-state index in [4.69, 9.17) is 9.47 Å². The molecule has 1 saturated heterocycles. The summed E-state index contributed by atoms with van der Waals surface area (Å²) in [6, 6.07) is 0. The number of fused-ring (bicyclic) bond motifs is 1. The van der Waals surface area contributed by atoms with E-state index in [2.05, 4.69) is 15.3 Å². The first-order valence-electron chi connectivity index (χ1n) is 8.82. The van der Waals surface area contributed by atoms with Gasteiger partial charge in [-0.25, -0.2) is 4.98 Å². The van der Waals surface area contributed by atoms with Crippen LogP contribution >= 0.6 is 0 Å². The molecule has 0 aliphatic carbocycles. The van der Waals surface area contributed by atoms with Crippen molar-refractivity contribution in [3.05, 3.63) is 27.4 Å². The molecule has 0 atom stereocenters. The van der Waals surface area contributed by atoms with E-state index in [0.29, 0.717) is 50.3 Å². The van der Waals surface area contributed by atoms with E-state index >= 15 is 0 Å². The summed E-state index contributed by atoms with van der Waals surface area (Å²) in [4.78, 5) is 44.8. The summed E-state index contributed by atoms with van der Waals surface area (Å²) in [6.45, 7) is 2.64. The highest BCUT2D eigenvalue weighted by Crippen LogP contribution is 2.18. The van der Waals surface area contributed by atoms with Crippen LogP contribution in [-0.2, 0) is 38.6 Å². The van der Waals surface area contributed by atoms with Crippen LogP contribution in [0.25, 0.3) is 0 Å². The maximum Gasteiger partial charge on any atom is 0.308 e. The summed E-state index contributed by atoms with van der Waals surface area (Å²) < 4.78 is 10.0. The number of ether oxygens (including phenoxy) is 2. The molecule has 1 aromatic heterocycles. The smallest absolute Gasteiger partial charge is 0.308 e. The van der Waals surface area contributed by atoms with E-state index in [0.717, 1.165) is 5.69 Å². The Morgan fingerprint density at radius 1 is 1.38 bits per heavy atom. The van der Waals surface area contributed by atoms with E-state index < -0.39 is 0 Å². The largest absolute Gasteiger partial charge is 0.469 e. The van der Waals surface area contributed by atoms with Crippen molar-refractivity contribution in [3.8, 4) is 0 Å². The average Bonchev–Trinajstić information content (AvgIpc) is 2.66. The van der Waals surface area contributed by atoms with Crippen LogP contribution in [0.1, 0.15) is 29.9 Å². The van der Waals surface area contributed by atoms with Crippen LogP contribution in [-0.4, -0.2) is 60.1 Å². The monoisotopic (exact) mass is 364 g/mol. The Balaban J connectivity index is 1.47. The van der Waals surface area contributed by atoms with E-state index in [-0.39, 0.29) is 43.1 Å². The van der Waals surface area contributed by atoms with Crippen LogP contribution < -0.4 is 10.9 Å². The standard InChI is InChI=1S/C17H24N4O5/c1-25-17(24)11-2-5-21(6-3-11)9-15(22)18-8-14-19-13-4-7-26-10-12(13)16(23)20-14/h11H,2-10H2,1H3,(H,18,22)(H,19,20,23). The number of rotatable bonds is 5. The van der Waals surface area contributed by atoms with Gasteiger partial charge in [-0.2, -0.15) is 0 Å². The number of hydrogen-bond donors (Lipinski definition) is 2. The highest BCUT2D eigenvalue weighted by Gasteiger charge is 2.26. The molecule has 1 fully saturated rings. The molecule has 9 heteroatoms. The van der Waals surface area contributed by atoms with Crippen molar-refractivity contribution in [3.63, 3.8) is 0 Å². The third kappa shape index (κ3) is 4.47. The number of aromatic amines is 1. The number of methoxy groups -OCH3 is 1. The molecular formula is C17H24N4O5. The highest BCUT2D eigenvalue weighted by molar-refractivity contribution is 5.78. The van der Waals surface area contributed by atoms with Crippen LogP contribution in [0.4, 0.5) is 0 Å². The summed E-state index contributed by atoms with van der Waals surface area (Å²) in [6.07, 6.45) is 2.00. The summed E-state index contributed by atoms with van der Waals surface area (Å²) in [5.41, 5.74) is 1.11. The second kappa shape index (κ2) is 8.41. The number of hydrogen-bond acceptors (Lipinski definition) is 7. The fraction of sp³-hybridized carbons (Fsp3) is 0.647. The molecule has 142 valence electrons. The van der Waals surface area contributed by atoms with E-state index in [1.54, 1.807) is 0 Å². The normalized spacial score (nSPS) is 18.2. The number of likely N-dealkylation sites (tertiary alicyclic amines) is 1. The van der Waals surface area contributed by atoms with Crippen molar-refractivity contribution in [1.29, 1.82) is 0 Å². The number of piperidine rings is 1. The first-order valence-corrected chi connectivity index (χ1v) is 8.82. The maximum atomic E-state index is 12.1. The van der Waals surface area contributed by atoms with E-state index in [9.17, 15) is 14.4 Å². The molecule has 3 rings (SSSR count). The van der Waals surface area contributed by atoms with Gasteiger partial charge in [0.05, 0.1) is 50.6 Å². The highest BCUT2D eigenvalue weighted by atomic mass is 16.5. The lowest BCUT2D eigenvalue weighted by Crippen LogP contribution is -2.43. The summed E-state index contributed by atoms with van der Waals surface area (Å²) in [7, 11) is 1.40. The van der Waals surface area contributed by atoms with Gasteiger partial charge in [0.1, 0.15) is 5.82 Å². The molecule has 1 amide bonds. The predicted molar refractivity (Wildman–Crippen MR) is 91.2 cm³/mol. The van der Waals surface area contributed by atoms with Gasteiger partial charge in [0.15, 0.2) is 0 Å². The van der Waals surface area contributed by atoms with Gasteiger partial charge in [0, 0.05) is 6.42 Å². The first-order chi connectivity index (χ1) is 12.6. The number of carbonyl (C=O) groups is 2. The van der Waals surface area contributed by atoms with Crippen molar-refractivity contribution in [2.45, 2.75) is 32.4 Å². The zero-order chi connectivity index (χ0) is 18.5. The van der Waals surface area contributed by atoms with Crippen molar-refractivity contribution in [2.24, 2.45) is 5.92 Å². The van der Waals surface area contributed by atoms with E-state index in [1.165, 1.54) is 7.11 Å². The minimum Gasteiger partial charge on any atom is -0.469 e. The zero-order valence-electron chi connectivity index (χ0n) is 14.9.